The quantitative estimate of drug-likeness (QED) is 0.753. The fourth-order valence-electron chi connectivity index (χ4n) is 2.17. The van der Waals surface area contributed by atoms with Crippen molar-refractivity contribution < 1.29 is 13.2 Å². The number of ether oxygens (including phenoxy) is 1. The van der Waals surface area contributed by atoms with Crippen LogP contribution in [0.5, 0.6) is 0 Å². The molecule has 0 radical (unpaired) electrons. The molecule has 0 aromatic heterocycles. The number of sulfone groups is 1. The van der Waals surface area contributed by atoms with E-state index in [4.69, 9.17) is 4.74 Å². The molecule has 0 aliphatic carbocycles. The molecule has 2 aromatic carbocycles. The average molecular weight is 391 g/mol. The van der Waals surface area contributed by atoms with Gasteiger partial charge in [-0.05, 0) is 0 Å². The zero-order chi connectivity index (χ0) is 16.3. The number of allylic oxidation sites excluding steroid dienone is 2. The first-order valence-corrected chi connectivity index (χ1v) is 10.4. The first kappa shape index (κ1) is 16.1. The van der Waals surface area contributed by atoms with E-state index >= 15 is 0 Å². The van der Waals surface area contributed by atoms with Crippen LogP contribution in [0.2, 0.25) is 0 Å². The molecule has 1 heterocycles. The Labute approximate surface area is 142 Å². The third-order valence-corrected chi connectivity index (χ3v) is 7.70. The Bertz CT molecular complexity index is 851. The zero-order valence-electron chi connectivity index (χ0n) is 12.6. The van der Waals surface area contributed by atoms with Crippen molar-refractivity contribution in [2.24, 2.45) is 0 Å². The minimum atomic E-state index is -3.63. The Morgan fingerprint density at radius 3 is 2.39 bits per heavy atom. The molecule has 1 aliphatic rings. The van der Waals surface area contributed by atoms with Crippen LogP contribution in [0.15, 0.2) is 81.4 Å². The van der Waals surface area contributed by atoms with Crippen molar-refractivity contribution in [2.45, 2.75) is 18.2 Å². The van der Waals surface area contributed by atoms with E-state index in [0.717, 1.165) is 14.5 Å². The Kier molecular flexibility index (Phi) is 4.71. The molecular formula is C18H16O3SSe. The van der Waals surface area contributed by atoms with Gasteiger partial charge in [0.15, 0.2) is 0 Å². The van der Waals surface area contributed by atoms with Crippen LogP contribution in [0.3, 0.4) is 0 Å². The number of aryl methyl sites for hydroxylation is 1. The van der Waals surface area contributed by atoms with E-state index in [1.54, 1.807) is 24.3 Å². The monoisotopic (exact) mass is 392 g/mol. The van der Waals surface area contributed by atoms with E-state index < -0.39 is 9.84 Å². The van der Waals surface area contributed by atoms with Crippen LogP contribution in [-0.2, 0) is 14.6 Å². The second-order valence-electron chi connectivity index (χ2n) is 5.14. The molecule has 3 nitrogen and oxygen atoms in total. The van der Waals surface area contributed by atoms with Crippen molar-refractivity contribution in [3.05, 3.63) is 82.1 Å². The van der Waals surface area contributed by atoms with Crippen molar-refractivity contribution in [3.63, 3.8) is 0 Å². The fraction of sp³-hybridized carbons (Fsp3) is 0.111. The van der Waals surface area contributed by atoms with Crippen LogP contribution in [0.25, 0.3) is 0 Å². The van der Waals surface area contributed by atoms with Crippen LogP contribution in [0.1, 0.15) is 12.0 Å². The Hall–Kier alpha value is -1.81. The third kappa shape index (κ3) is 3.58. The second kappa shape index (κ2) is 6.75. The van der Waals surface area contributed by atoms with Gasteiger partial charge in [-0.3, -0.25) is 0 Å². The number of hydrogen-bond donors (Lipinski definition) is 0. The van der Waals surface area contributed by atoms with Crippen LogP contribution < -0.4 is 4.46 Å². The summed E-state index contributed by atoms with van der Waals surface area (Å²) >= 11 is -0.0842. The molecule has 3 rings (SSSR count). The molecular weight excluding hydrogens is 375 g/mol. The summed E-state index contributed by atoms with van der Waals surface area (Å²) < 4.78 is 33.2. The molecule has 5 heteroatoms. The summed E-state index contributed by atoms with van der Waals surface area (Å²) in [5.74, 6) is 0. The molecule has 2 aromatic rings. The number of benzene rings is 2. The summed E-state index contributed by atoms with van der Waals surface area (Å²) in [6, 6.07) is 16.8. The predicted octanol–water partition coefficient (Wildman–Crippen LogP) is 2.90. The molecule has 1 aliphatic heterocycles. The average Bonchev–Trinajstić information content (AvgIpc) is 2.56. The van der Waals surface area contributed by atoms with Gasteiger partial charge in [0.2, 0.25) is 0 Å². The maximum absolute atomic E-state index is 12.9. The molecule has 0 spiro atoms. The summed E-state index contributed by atoms with van der Waals surface area (Å²) in [7, 11) is -3.63. The van der Waals surface area contributed by atoms with Crippen molar-refractivity contribution in [1.82, 2.24) is 0 Å². The van der Waals surface area contributed by atoms with E-state index in [0.29, 0.717) is 6.42 Å². The van der Waals surface area contributed by atoms with Gasteiger partial charge in [-0.15, -0.1) is 0 Å². The molecule has 118 valence electrons. The summed E-state index contributed by atoms with van der Waals surface area (Å²) in [6.45, 7) is 1.93. The standard InChI is InChI=1S/C18H16O3SSe/c1-14-9-11-15(12-10-14)22(19,20)18-17(8-5-13-21-18)23-16-6-3-2-4-7-16/h2-7,9-13H,8H2,1H3. The molecule has 0 amide bonds. The van der Waals surface area contributed by atoms with Crippen molar-refractivity contribution >= 4 is 29.3 Å². The van der Waals surface area contributed by atoms with E-state index in [-0.39, 0.29) is 24.9 Å². The summed E-state index contributed by atoms with van der Waals surface area (Å²) in [5, 5.41) is 0.0905. The predicted molar refractivity (Wildman–Crippen MR) is 92.1 cm³/mol. The van der Waals surface area contributed by atoms with Crippen molar-refractivity contribution in [3.8, 4) is 0 Å². The van der Waals surface area contributed by atoms with Crippen LogP contribution in [0.4, 0.5) is 0 Å². The molecule has 0 bridgehead atoms. The summed E-state index contributed by atoms with van der Waals surface area (Å²) in [6.07, 6.45) is 3.93. The van der Waals surface area contributed by atoms with Gasteiger partial charge < -0.3 is 0 Å². The van der Waals surface area contributed by atoms with E-state index in [2.05, 4.69) is 0 Å². The molecule has 0 fully saturated rings. The van der Waals surface area contributed by atoms with E-state index in [9.17, 15) is 8.42 Å². The molecule has 0 N–H and O–H groups in total. The topological polar surface area (TPSA) is 43.4 Å². The van der Waals surface area contributed by atoms with Crippen molar-refractivity contribution in [2.75, 3.05) is 0 Å². The minimum absolute atomic E-state index is 0.0842. The van der Waals surface area contributed by atoms with Crippen molar-refractivity contribution in [1.29, 1.82) is 0 Å². The normalized spacial score (nSPS) is 14.7. The summed E-state index contributed by atoms with van der Waals surface area (Å²) in [4.78, 5) is 0.273. The number of hydrogen-bond acceptors (Lipinski definition) is 3. The molecule has 0 atom stereocenters. The van der Waals surface area contributed by atoms with Gasteiger partial charge in [-0.25, -0.2) is 0 Å². The first-order chi connectivity index (χ1) is 11.1. The van der Waals surface area contributed by atoms with E-state index in [1.165, 1.54) is 6.26 Å². The number of rotatable bonds is 4. The second-order valence-corrected chi connectivity index (χ2v) is 9.44. The molecule has 0 saturated heterocycles. The summed E-state index contributed by atoms with van der Waals surface area (Å²) in [5.41, 5.74) is 1.02. The van der Waals surface area contributed by atoms with Crippen LogP contribution in [-0.4, -0.2) is 23.4 Å². The Morgan fingerprint density at radius 1 is 1.00 bits per heavy atom. The molecule has 0 saturated carbocycles. The van der Waals surface area contributed by atoms with Gasteiger partial charge in [0.05, 0.1) is 0 Å². The van der Waals surface area contributed by atoms with Gasteiger partial charge in [-0.2, -0.15) is 0 Å². The fourth-order valence-corrected chi connectivity index (χ4v) is 6.21. The Morgan fingerprint density at radius 2 is 1.70 bits per heavy atom. The maximum atomic E-state index is 12.9. The zero-order valence-corrected chi connectivity index (χ0v) is 15.1. The third-order valence-electron chi connectivity index (χ3n) is 3.36. The SMILES string of the molecule is Cc1ccc(S(=O)(=O)C2=C([Se]c3ccccc3)CC=CO2)cc1. The van der Waals surface area contributed by atoms with Gasteiger partial charge in [0.1, 0.15) is 0 Å². The molecule has 23 heavy (non-hydrogen) atoms. The van der Waals surface area contributed by atoms with Gasteiger partial charge in [0, 0.05) is 0 Å². The van der Waals surface area contributed by atoms with E-state index in [1.807, 2.05) is 43.3 Å². The van der Waals surface area contributed by atoms with Gasteiger partial charge in [0.25, 0.3) is 0 Å². The van der Waals surface area contributed by atoms with Gasteiger partial charge >= 0.3 is 143 Å². The molecule has 0 unspecified atom stereocenters. The first-order valence-electron chi connectivity index (χ1n) is 7.17. The van der Waals surface area contributed by atoms with Gasteiger partial charge in [-0.1, -0.05) is 0 Å². The van der Waals surface area contributed by atoms with Crippen LogP contribution >= 0.6 is 0 Å². The Balaban J connectivity index is 2.01. The van der Waals surface area contributed by atoms with Crippen LogP contribution in [0, 0.1) is 6.92 Å².